The smallest absolute Gasteiger partial charge is 0.507 e. The second kappa shape index (κ2) is 9.12. The number of phenols is 1. The van der Waals surface area contributed by atoms with Crippen molar-refractivity contribution in [1.82, 2.24) is 24.7 Å². The van der Waals surface area contributed by atoms with Crippen LogP contribution in [0.15, 0.2) is 30.5 Å². The summed E-state index contributed by atoms with van der Waals surface area (Å²) in [5, 5.41) is 26.2. The van der Waals surface area contributed by atoms with Crippen molar-refractivity contribution < 1.29 is 32.5 Å². The largest absolute Gasteiger partial charge is 0.573 e. The molecule has 0 aliphatic carbocycles. The number of piperidine rings is 1. The van der Waals surface area contributed by atoms with E-state index in [2.05, 4.69) is 25.3 Å². The maximum Gasteiger partial charge on any atom is 0.573 e. The predicted octanol–water partition coefficient (Wildman–Crippen LogP) is 4.21. The molecule has 1 aliphatic heterocycles. The van der Waals surface area contributed by atoms with E-state index in [1.165, 1.54) is 16.8 Å². The summed E-state index contributed by atoms with van der Waals surface area (Å²) in [6, 6.07) is 4.71. The van der Waals surface area contributed by atoms with Gasteiger partial charge in [0.15, 0.2) is 0 Å². The third kappa shape index (κ3) is 5.84. The molecule has 35 heavy (non-hydrogen) atoms. The topological polar surface area (TPSA) is 114 Å². The number of fused-ring (bicyclic) bond motifs is 1. The Morgan fingerprint density at radius 2 is 1.97 bits per heavy atom. The minimum atomic E-state index is -4.88. The molecule has 2 aromatic heterocycles. The van der Waals surface area contributed by atoms with Crippen LogP contribution in [-0.2, 0) is 4.74 Å². The highest BCUT2D eigenvalue weighted by atomic mass is 19.4. The fourth-order valence-corrected chi connectivity index (χ4v) is 3.80. The molecule has 0 spiro atoms. The lowest BCUT2D eigenvalue weighted by Gasteiger charge is -2.34. The molecule has 188 valence electrons. The van der Waals surface area contributed by atoms with Crippen LogP contribution in [0.4, 0.5) is 23.9 Å². The number of nitrogens with zero attached hydrogens (tertiary/aromatic N) is 5. The van der Waals surface area contributed by atoms with E-state index in [0.29, 0.717) is 24.6 Å². The van der Waals surface area contributed by atoms with E-state index in [1.807, 2.05) is 20.8 Å². The number of amides is 1. The summed E-state index contributed by atoms with van der Waals surface area (Å²) in [5.41, 5.74) is 0.269. The summed E-state index contributed by atoms with van der Waals surface area (Å²) in [7, 11) is 0. The molecule has 1 aromatic carbocycles. The monoisotopic (exact) mass is 494 g/mol. The second-order valence-electron chi connectivity index (χ2n) is 9.14. The van der Waals surface area contributed by atoms with Gasteiger partial charge in [-0.3, -0.25) is 0 Å². The van der Waals surface area contributed by atoms with Gasteiger partial charge in [-0.1, -0.05) is 0 Å². The van der Waals surface area contributed by atoms with Crippen LogP contribution in [0.25, 0.3) is 16.8 Å². The lowest BCUT2D eigenvalue weighted by molar-refractivity contribution is -0.274. The molecule has 1 amide bonds. The Balaban J connectivity index is 1.55. The molecule has 3 aromatic rings. The third-order valence-corrected chi connectivity index (χ3v) is 5.19. The molecular formula is C22H25F3N6O4. The number of benzene rings is 1. The Bertz CT molecular complexity index is 1220. The van der Waals surface area contributed by atoms with Crippen LogP contribution in [0.2, 0.25) is 0 Å². The Labute approximate surface area is 198 Å². The highest BCUT2D eigenvalue weighted by Gasteiger charge is 2.32. The lowest BCUT2D eigenvalue weighted by Crippen LogP contribution is -2.47. The fraction of sp³-hybridized carbons (Fsp3) is 0.455. The molecular weight excluding hydrogens is 469 g/mol. The van der Waals surface area contributed by atoms with Crippen molar-refractivity contribution in [2.45, 2.75) is 51.6 Å². The summed E-state index contributed by atoms with van der Waals surface area (Å²) in [4.78, 5) is 14.1. The number of likely N-dealkylation sites (tertiary alicyclic amines) is 1. The number of carbonyl (C=O) groups is 1. The van der Waals surface area contributed by atoms with Crippen LogP contribution in [0.5, 0.6) is 11.5 Å². The normalized spacial score (nSPS) is 16.9. The van der Waals surface area contributed by atoms with Crippen molar-refractivity contribution in [3.8, 4) is 22.8 Å². The van der Waals surface area contributed by atoms with Crippen molar-refractivity contribution in [3.63, 3.8) is 0 Å². The van der Waals surface area contributed by atoms with Crippen molar-refractivity contribution >= 4 is 17.6 Å². The van der Waals surface area contributed by atoms with Gasteiger partial charge in [0.05, 0.1) is 11.7 Å². The van der Waals surface area contributed by atoms with Crippen molar-refractivity contribution in [2.75, 3.05) is 18.4 Å². The number of alkyl halides is 3. The van der Waals surface area contributed by atoms with E-state index in [4.69, 9.17) is 4.74 Å². The van der Waals surface area contributed by atoms with Crippen molar-refractivity contribution in [2.24, 2.45) is 0 Å². The zero-order valence-electron chi connectivity index (χ0n) is 19.3. The van der Waals surface area contributed by atoms with Gasteiger partial charge in [-0.2, -0.15) is 9.61 Å². The zero-order chi connectivity index (χ0) is 25.4. The van der Waals surface area contributed by atoms with Crippen molar-refractivity contribution in [3.05, 3.63) is 30.5 Å². The molecule has 2 N–H and O–H groups in total. The zero-order valence-corrected chi connectivity index (χ0v) is 19.3. The van der Waals surface area contributed by atoms with Crippen LogP contribution >= 0.6 is 0 Å². The molecule has 10 nitrogen and oxygen atoms in total. The molecule has 0 radical (unpaired) electrons. The van der Waals surface area contributed by atoms with Gasteiger partial charge in [0.1, 0.15) is 22.8 Å². The number of hydrogen-bond acceptors (Lipinski definition) is 8. The number of aromatic hydroxyl groups is 1. The van der Waals surface area contributed by atoms with Crippen LogP contribution in [0, 0.1) is 0 Å². The Kier molecular flexibility index (Phi) is 6.34. The van der Waals surface area contributed by atoms with E-state index < -0.39 is 23.5 Å². The third-order valence-electron chi connectivity index (χ3n) is 5.19. The summed E-state index contributed by atoms with van der Waals surface area (Å²) in [5.74, 6) is -0.687. The van der Waals surface area contributed by atoms with E-state index in [0.717, 1.165) is 25.0 Å². The Hall–Kier alpha value is -3.77. The van der Waals surface area contributed by atoms with Gasteiger partial charge in [0, 0.05) is 30.8 Å². The molecule has 3 heterocycles. The lowest BCUT2D eigenvalue weighted by atomic mass is 10.1. The maximum atomic E-state index is 12.5. The quantitative estimate of drug-likeness (QED) is 0.555. The second-order valence-corrected chi connectivity index (χ2v) is 9.14. The van der Waals surface area contributed by atoms with Gasteiger partial charge in [-0.05, 0) is 51.8 Å². The first-order valence-electron chi connectivity index (χ1n) is 10.9. The molecule has 0 unspecified atom stereocenters. The highest BCUT2D eigenvalue weighted by Crippen LogP contribution is 2.35. The van der Waals surface area contributed by atoms with Crippen LogP contribution in [-0.4, -0.2) is 67.0 Å². The van der Waals surface area contributed by atoms with E-state index in [-0.39, 0.29) is 23.4 Å². The molecule has 0 saturated carbocycles. The van der Waals surface area contributed by atoms with Gasteiger partial charge in [-0.15, -0.1) is 23.4 Å². The number of aromatic nitrogens is 4. The summed E-state index contributed by atoms with van der Waals surface area (Å²) in [6.45, 7) is 6.42. The summed E-state index contributed by atoms with van der Waals surface area (Å²) in [6.07, 6.45) is -2.20. The molecule has 1 fully saturated rings. The molecule has 13 heteroatoms. The van der Waals surface area contributed by atoms with Gasteiger partial charge < -0.3 is 24.8 Å². The van der Waals surface area contributed by atoms with Gasteiger partial charge in [0.2, 0.25) is 5.95 Å². The van der Waals surface area contributed by atoms with Gasteiger partial charge >= 0.3 is 12.5 Å². The Morgan fingerprint density at radius 3 is 2.66 bits per heavy atom. The number of halogens is 3. The first kappa shape index (κ1) is 24.4. The standard InChI is InChI=1S/C22H25F3N6O4/c1-21(2,3)35-20(33)30-10-4-5-13(12-30)27-19-29-28-18(16-8-9-26-31(16)19)15-7-6-14(11-17(15)32)34-22(23,24)25/h6-9,11,13,32H,4-5,10,12H2,1-3H3,(H,27,29)/t13-/m1/s1. The van der Waals surface area contributed by atoms with E-state index in [1.54, 1.807) is 11.0 Å². The molecule has 4 rings (SSSR count). The van der Waals surface area contributed by atoms with Crippen LogP contribution in [0.1, 0.15) is 33.6 Å². The molecule has 0 bridgehead atoms. The minimum absolute atomic E-state index is 0.129. The maximum absolute atomic E-state index is 12.5. The summed E-state index contributed by atoms with van der Waals surface area (Å²) < 4.78 is 48.2. The fourth-order valence-electron chi connectivity index (χ4n) is 3.80. The van der Waals surface area contributed by atoms with E-state index in [9.17, 15) is 23.1 Å². The number of anilines is 1. The number of phenolic OH excluding ortho intramolecular Hbond substituents is 1. The van der Waals surface area contributed by atoms with Crippen LogP contribution < -0.4 is 10.1 Å². The van der Waals surface area contributed by atoms with Gasteiger partial charge in [-0.25, -0.2) is 4.79 Å². The van der Waals surface area contributed by atoms with E-state index >= 15 is 0 Å². The number of carbonyl (C=O) groups excluding carboxylic acids is 1. The predicted molar refractivity (Wildman–Crippen MR) is 119 cm³/mol. The SMILES string of the molecule is CC(C)(C)OC(=O)N1CCC[C@@H](Nc2nnc(-c3ccc(OC(F)(F)F)cc3O)c3ccnn23)C1. The van der Waals surface area contributed by atoms with Gasteiger partial charge in [0.25, 0.3) is 0 Å². The number of nitrogens with one attached hydrogen (secondary N) is 1. The van der Waals surface area contributed by atoms with Crippen LogP contribution in [0.3, 0.4) is 0 Å². The average Bonchev–Trinajstić information content (AvgIpc) is 3.23. The highest BCUT2D eigenvalue weighted by molar-refractivity contribution is 5.81. The molecule has 1 atom stereocenters. The molecule has 1 aliphatic rings. The average molecular weight is 494 g/mol. The number of ether oxygens (including phenoxy) is 2. The first-order valence-corrected chi connectivity index (χ1v) is 10.9. The number of hydrogen-bond donors (Lipinski definition) is 2. The Morgan fingerprint density at radius 1 is 1.20 bits per heavy atom. The minimum Gasteiger partial charge on any atom is -0.507 e. The van der Waals surface area contributed by atoms with Crippen molar-refractivity contribution in [1.29, 1.82) is 0 Å². The first-order chi connectivity index (χ1) is 16.4. The number of rotatable bonds is 4. The summed E-state index contributed by atoms with van der Waals surface area (Å²) >= 11 is 0. The molecule has 1 saturated heterocycles.